The van der Waals surface area contributed by atoms with Gasteiger partial charge in [0.15, 0.2) is 23.1 Å². The largest absolute Gasteiger partial charge is 0.493 e. The van der Waals surface area contributed by atoms with Crippen molar-refractivity contribution in [3.63, 3.8) is 0 Å². The third-order valence-electron chi connectivity index (χ3n) is 3.74. The van der Waals surface area contributed by atoms with E-state index in [4.69, 9.17) is 25.8 Å². The summed E-state index contributed by atoms with van der Waals surface area (Å²) in [5.74, 6) is 0.248. The van der Waals surface area contributed by atoms with Crippen LogP contribution in [0.4, 0.5) is 10.1 Å². The van der Waals surface area contributed by atoms with Crippen molar-refractivity contribution < 1.29 is 18.6 Å². The number of hydrogen-bond acceptors (Lipinski definition) is 6. The Labute approximate surface area is 160 Å². The van der Waals surface area contributed by atoms with Crippen molar-refractivity contribution >= 4 is 17.3 Å². The molecule has 0 saturated carbocycles. The lowest BCUT2D eigenvalue weighted by atomic mass is 10.2. The van der Waals surface area contributed by atoms with Gasteiger partial charge >= 0.3 is 0 Å². The fourth-order valence-electron chi connectivity index (χ4n) is 2.48. The number of ether oxygens (including phenoxy) is 3. The summed E-state index contributed by atoms with van der Waals surface area (Å²) in [5, 5.41) is 7.90. The van der Waals surface area contributed by atoms with Crippen LogP contribution in [0.1, 0.15) is 0 Å². The molecule has 3 rings (SSSR count). The lowest BCUT2D eigenvalue weighted by Gasteiger charge is -2.14. The van der Waals surface area contributed by atoms with Crippen LogP contribution in [0.15, 0.2) is 43.0 Å². The lowest BCUT2D eigenvalue weighted by molar-refractivity contribution is 0.305. The number of aromatic nitrogens is 3. The van der Waals surface area contributed by atoms with Gasteiger partial charge in [-0.15, -0.1) is 0 Å². The van der Waals surface area contributed by atoms with Crippen molar-refractivity contribution in [1.82, 2.24) is 14.8 Å². The van der Waals surface area contributed by atoms with Crippen LogP contribution in [0.5, 0.6) is 17.2 Å². The first kappa shape index (κ1) is 18.8. The molecular weight excluding hydrogens is 375 g/mol. The van der Waals surface area contributed by atoms with Crippen LogP contribution in [0.25, 0.3) is 5.69 Å². The molecule has 0 spiro atoms. The lowest BCUT2D eigenvalue weighted by Crippen LogP contribution is -2.14. The quantitative estimate of drug-likeness (QED) is 0.591. The monoisotopic (exact) mass is 392 g/mol. The first-order chi connectivity index (χ1) is 13.1. The van der Waals surface area contributed by atoms with Gasteiger partial charge in [-0.2, -0.15) is 5.10 Å². The number of hydrogen-bond donors (Lipinski definition) is 1. The van der Waals surface area contributed by atoms with Crippen molar-refractivity contribution in [2.24, 2.45) is 0 Å². The third-order valence-corrected chi connectivity index (χ3v) is 3.97. The number of halogens is 2. The first-order valence-electron chi connectivity index (χ1n) is 8.05. The zero-order chi connectivity index (χ0) is 19.2. The van der Waals surface area contributed by atoms with Gasteiger partial charge in [-0.1, -0.05) is 11.6 Å². The Bertz CT molecular complexity index is 906. The van der Waals surface area contributed by atoms with Gasteiger partial charge in [-0.3, -0.25) is 0 Å². The molecule has 0 atom stereocenters. The van der Waals surface area contributed by atoms with Crippen LogP contribution in [-0.2, 0) is 0 Å². The molecule has 0 aliphatic carbocycles. The van der Waals surface area contributed by atoms with Crippen molar-refractivity contribution in [3.05, 3.63) is 53.8 Å². The molecule has 2 aromatic carbocycles. The molecule has 9 heteroatoms. The van der Waals surface area contributed by atoms with Gasteiger partial charge in [0.05, 0.1) is 25.6 Å². The maximum absolute atomic E-state index is 14.1. The number of nitrogens with zero attached hydrogens (tertiary/aromatic N) is 3. The predicted octanol–water partition coefficient (Wildman–Crippen LogP) is 3.57. The summed E-state index contributed by atoms with van der Waals surface area (Å²) in [4.78, 5) is 3.94. The van der Waals surface area contributed by atoms with Gasteiger partial charge in [0.25, 0.3) is 0 Å². The molecule has 0 bridgehead atoms. The molecule has 27 heavy (non-hydrogen) atoms. The van der Waals surface area contributed by atoms with E-state index in [0.29, 0.717) is 23.1 Å². The minimum absolute atomic E-state index is 0.0806. The number of anilines is 1. The molecule has 0 saturated heterocycles. The molecule has 0 radical (unpaired) electrons. The van der Waals surface area contributed by atoms with E-state index in [-0.39, 0.29) is 12.4 Å². The zero-order valence-electron chi connectivity index (χ0n) is 14.8. The second-order valence-electron chi connectivity index (χ2n) is 5.41. The highest BCUT2D eigenvalue weighted by molar-refractivity contribution is 6.31. The molecule has 1 N–H and O–H groups in total. The highest BCUT2D eigenvalue weighted by Gasteiger charge is 2.12. The molecule has 0 amide bonds. The molecule has 0 aliphatic heterocycles. The summed E-state index contributed by atoms with van der Waals surface area (Å²) in [6.45, 7) is 0.630. The Balaban J connectivity index is 1.65. The van der Waals surface area contributed by atoms with E-state index in [1.165, 1.54) is 32.7 Å². The molecule has 0 unspecified atom stereocenters. The Morgan fingerprint density at radius 2 is 1.89 bits per heavy atom. The van der Waals surface area contributed by atoms with Gasteiger partial charge < -0.3 is 19.5 Å². The van der Waals surface area contributed by atoms with Crippen molar-refractivity contribution in [3.8, 4) is 22.9 Å². The molecular formula is C18H18ClFN4O3. The molecule has 1 heterocycles. The number of methoxy groups -OCH3 is 2. The van der Waals surface area contributed by atoms with Crippen molar-refractivity contribution in [2.75, 3.05) is 32.7 Å². The maximum atomic E-state index is 14.1. The summed E-state index contributed by atoms with van der Waals surface area (Å²) in [7, 11) is 2.92. The second-order valence-corrected chi connectivity index (χ2v) is 5.85. The second kappa shape index (κ2) is 8.59. The van der Waals surface area contributed by atoms with Gasteiger partial charge in [-0.25, -0.2) is 14.1 Å². The predicted molar refractivity (Wildman–Crippen MR) is 99.9 cm³/mol. The normalized spacial score (nSPS) is 10.5. The van der Waals surface area contributed by atoms with Crippen LogP contribution in [0.2, 0.25) is 5.02 Å². The SMILES string of the molecule is COc1cc(F)c(OCCNc2cc(Cl)ccc2-n2cncn2)cc1OC. The molecule has 1 aromatic heterocycles. The molecule has 142 valence electrons. The van der Waals surface area contributed by atoms with Crippen LogP contribution in [-0.4, -0.2) is 42.1 Å². The minimum Gasteiger partial charge on any atom is -0.493 e. The number of rotatable bonds is 8. The Morgan fingerprint density at radius 3 is 2.59 bits per heavy atom. The fourth-order valence-corrected chi connectivity index (χ4v) is 2.65. The summed E-state index contributed by atoms with van der Waals surface area (Å²) in [6, 6.07) is 8.04. The van der Waals surface area contributed by atoms with Gasteiger partial charge in [0.2, 0.25) is 0 Å². The van der Waals surface area contributed by atoms with Crippen LogP contribution in [0, 0.1) is 5.82 Å². The summed E-state index contributed by atoms with van der Waals surface area (Å²) in [5.41, 5.74) is 1.54. The van der Waals surface area contributed by atoms with Gasteiger partial charge in [-0.05, 0) is 18.2 Å². The van der Waals surface area contributed by atoms with Gasteiger partial charge in [0.1, 0.15) is 19.3 Å². The summed E-state index contributed by atoms with van der Waals surface area (Å²) in [6.07, 6.45) is 3.03. The molecule has 0 fully saturated rings. The van der Waals surface area contributed by atoms with E-state index >= 15 is 0 Å². The van der Waals surface area contributed by atoms with Crippen LogP contribution in [0.3, 0.4) is 0 Å². The smallest absolute Gasteiger partial charge is 0.169 e. The minimum atomic E-state index is -0.529. The van der Waals surface area contributed by atoms with E-state index in [9.17, 15) is 4.39 Å². The topological polar surface area (TPSA) is 70.4 Å². The molecule has 7 nitrogen and oxygen atoms in total. The maximum Gasteiger partial charge on any atom is 0.169 e. The van der Waals surface area contributed by atoms with Crippen LogP contribution < -0.4 is 19.5 Å². The number of nitrogens with one attached hydrogen (secondary N) is 1. The number of benzene rings is 2. The van der Waals surface area contributed by atoms with Crippen molar-refractivity contribution in [1.29, 1.82) is 0 Å². The third kappa shape index (κ3) is 4.40. The standard InChI is InChI=1S/C18H18ClFN4O3/c1-25-17-8-13(20)16(9-18(17)26-2)27-6-5-22-14-7-12(19)3-4-15(14)24-11-21-10-23-24/h3-4,7-11,22H,5-6H2,1-2H3. The average molecular weight is 393 g/mol. The Hall–Kier alpha value is -3.00. The van der Waals surface area contributed by atoms with E-state index in [1.807, 2.05) is 6.07 Å². The first-order valence-corrected chi connectivity index (χ1v) is 8.43. The molecule has 0 aliphatic rings. The van der Waals surface area contributed by atoms with E-state index < -0.39 is 5.82 Å². The highest BCUT2D eigenvalue weighted by Crippen LogP contribution is 2.33. The Morgan fingerprint density at radius 1 is 1.11 bits per heavy atom. The van der Waals surface area contributed by atoms with Crippen molar-refractivity contribution in [2.45, 2.75) is 0 Å². The highest BCUT2D eigenvalue weighted by atomic mass is 35.5. The van der Waals surface area contributed by atoms with E-state index in [1.54, 1.807) is 23.1 Å². The zero-order valence-corrected chi connectivity index (χ0v) is 15.5. The average Bonchev–Trinajstić information content (AvgIpc) is 3.20. The van der Waals surface area contributed by atoms with E-state index in [0.717, 1.165) is 11.4 Å². The van der Waals surface area contributed by atoms with E-state index in [2.05, 4.69) is 15.4 Å². The van der Waals surface area contributed by atoms with Gasteiger partial charge in [0, 0.05) is 23.7 Å². The van der Waals surface area contributed by atoms with Crippen LogP contribution >= 0.6 is 11.6 Å². The summed E-state index contributed by atoms with van der Waals surface area (Å²) >= 11 is 6.08. The fraction of sp³-hybridized carbons (Fsp3) is 0.222. The molecule has 3 aromatic rings. The summed E-state index contributed by atoms with van der Waals surface area (Å²) < 4.78 is 31.4. The Kier molecular flexibility index (Phi) is 5.97.